The van der Waals surface area contributed by atoms with Crippen LogP contribution in [0.15, 0.2) is 53.4 Å². The molecule has 0 aliphatic heterocycles. The summed E-state index contributed by atoms with van der Waals surface area (Å²) < 4.78 is 28.7. The molecule has 0 aliphatic rings. The summed E-state index contributed by atoms with van der Waals surface area (Å²) in [4.78, 5) is 11.8. The number of hydrogen-bond donors (Lipinski definition) is 1. The number of hydrogen-bond acceptors (Lipinski definition) is 5. The SMILES string of the molecule is Cc1ccc(S(=O)(=O)OCC(=O)Cc2cccc(O)c2)cc1. The largest absolute Gasteiger partial charge is 0.508 e. The van der Waals surface area contributed by atoms with E-state index in [9.17, 15) is 18.3 Å². The fourth-order valence-electron chi connectivity index (χ4n) is 1.86. The van der Waals surface area contributed by atoms with Gasteiger partial charge in [0.15, 0.2) is 5.78 Å². The van der Waals surface area contributed by atoms with Crippen molar-refractivity contribution in [1.82, 2.24) is 0 Å². The minimum absolute atomic E-state index is 0.00216. The van der Waals surface area contributed by atoms with Crippen molar-refractivity contribution in [2.24, 2.45) is 0 Å². The van der Waals surface area contributed by atoms with Crippen LogP contribution >= 0.6 is 0 Å². The summed E-state index contributed by atoms with van der Waals surface area (Å²) in [6, 6.07) is 12.4. The van der Waals surface area contributed by atoms with Gasteiger partial charge in [-0.25, -0.2) is 0 Å². The molecule has 0 spiro atoms. The Balaban J connectivity index is 1.97. The van der Waals surface area contributed by atoms with Crippen molar-refractivity contribution < 1.29 is 22.5 Å². The normalized spacial score (nSPS) is 11.3. The van der Waals surface area contributed by atoms with Crippen LogP contribution in [-0.4, -0.2) is 25.9 Å². The first-order chi connectivity index (χ1) is 10.4. The first kappa shape index (κ1) is 16.2. The Kier molecular flexibility index (Phi) is 4.95. The molecule has 5 nitrogen and oxygen atoms in total. The summed E-state index contributed by atoms with van der Waals surface area (Å²) in [6.45, 7) is 1.31. The molecule has 0 saturated carbocycles. The molecule has 0 atom stereocenters. The van der Waals surface area contributed by atoms with Crippen molar-refractivity contribution in [1.29, 1.82) is 0 Å². The summed E-state index contributed by atoms with van der Waals surface area (Å²) in [5.74, 6) is -0.334. The van der Waals surface area contributed by atoms with E-state index >= 15 is 0 Å². The first-order valence-electron chi connectivity index (χ1n) is 6.62. The molecule has 116 valence electrons. The maximum Gasteiger partial charge on any atom is 0.297 e. The van der Waals surface area contributed by atoms with Gasteiger partial charge in [-0.15, -0.1) is 0 Å². The van der Waals surface area contributed by atoms with Crippen molar-refractivity contribution in [2.75, 3.05) is 6.61 Å². The van der Waals surface area contributed by atoms with Gasteiger partial charge in [0.1, 0.15) is 12.4 Å². The Morgan fingerprint density at radius 1 is 1.14 bits per heavy atom. The van der Waals surface area contributed by atoms with E-state index in [4.69, 9.17) is 4.18 Å². The fourth-order valence-corrected chi connectivity index (χ4v) is 2.75. The monoisotopic (exact) mass is 320 g/mol. The highest BCUT2D eigenvalue weighted by Gasteiger charge is 2.17. The highest BCUT2D eigenvalue weighted by atomic mass is 32.2. The number of aryl methyl sites for hydroxylation is 1. The predicted molar refractivity (Wildman–Crippen MR) is 81.1 cm³/mol. The molecular formula is C16H16O5S. The Bertz CT molecular complexity index is 763. The predicted octanol–water partition coefficient (Wildman–Crippen LogP) is 2.22. The molecule has 2 rings (SSSR count). The average Bonchev–Trinajstić information content (AvgIpc) is 2.46. The minimum Gasteiger partial charge on any atom is -0.508 e. The first-order valence-corrected chi connectivity index (χ1v) is 8.03. The van der Waals surface area contributed by atoms with Crippen molar-refractivity contribution in [2.45, 2.75) is 18.2 Å². The number of benzene rings is 2. The summed E-state index contributed by atoms with van der Waals surface area (Å²) >= 11 is 0. The maximum absolute atomic E-state index is 11.9. The molecule has 2 aromatic carbocycles. The molecule has 2 aromatic rings. The molecule has 1 N–H and O–H groups in total. The standard InChI is InChI=1S/C16H16O5S/c1-12-5-7-16(8-6-12)22(19,20)21-11-15(18)10-13-3-2-4-14(17)9-13/h2-9,17H,10-11H2,1H3. The third-order valence-electron chi connectivity index (χ3n) is 3.00. The summed E-state index contributed by atoms with van der Waals surface area (Å²) in [5, 5.41) is 9.32. The number of rotatable bonds is 6. The van der Waals surface area contributed by atoms with Crippen molar-refractivity contribution in [3.05, 3.63) is 59.7 Å². The van der Waals surface area contributed by atoms with E-state index in [2.05, 4.69) is 0 Å². The molecule has 0 aromatic heterocycles. The summed E-state index contributed by atoms with van der Waals surface area (Å²) in [6.07, 6.45) is -0.00216. The Morgan fingerprint density at radius 2 is 1.82 bits per heavy atom. The smallest absolute Gasteiger partial charge is 0.297 e. The van der Waals surface area contributed by atoms with Crippen LogP contribution in [0.1, 0.15) is 11.1 Å². The third kappa shape index (κ3) is 4.41. The summed E-state index contributed by atoms with van der Waals surface area (Å²) in [7, 11) is -3.94. The lowest BCUT2D eigenvalue weighted by Gasteiger charge is -2.06. The van der Waals surface area contributed by atoms with Crippen LogP contribution < -0.4 is 0 Å². The van der Waals surface area contributed by atoms with E-state index in [0.717, 1.165) is 5.56 Å². The number of carbonyl (C=O) groups excluding carboxylic acids is 1. The van der Waals surface area contributed by atoms with Crippen LogP contribution in [-0.2, 0) is 25.5 Å². The Labute approximate surface area is 129 Å². The van der Waals surface area contributed by atoms with E-state index in [1.165, 1.54) is 24.3 Å². The van der Waals surface area contributed by atoms with Gasteiger partial charge in [-0.3, -0.25) is 8.98 Å². The number of ketones is 1. The fraction of sp³-hybridized carbons (Fsp3) is 0.188. The van der Waals surface area contributed by atoms with E-state index in [-0.39, 0.29) is 22.8 Å². The van der Waals surface area contributed by atoms with Gasteiger partial charge in [0, 0.05) is 6.42 Å². The Morgan fingerprint density at radius 3 is 2.45 bits per heavy atom. The van der Waals surface area contributed by atoms with Crippen LogP contribution in [0, 0.1) is 6.92 Å². The van der Waals surface area contributed by atoms with Gasteiger partial charge in [-0.05, 0) is 36.8 Å². The molecular weight excluding hydrogens is 304 g/mol. The number of phenols is 1. The average molecular weight is 320 g/mol. The molecule has 0 unspecified atom stereocenters. The van der Waals surface area contributed by atoms with Crippen LogP contribution in [0.3, 0.4) is 0 Å². The zero-order valence-corrected chi connectivity index (χ0v) is 12.8. The van der Waals surface area contributed by atoms with Crippen LogP contribution in [0.4, 0.5) is 0 Å². The van der Waals surface area contributed by atoms with Gasteiger partial charge in [0.05, 0.1) is 4.90 Å². The van der Waals surface area contributed by atoms with Gasteiger partial charge in [-0.1, -0.05) is 29.8 Å². The molecule has 0 fully saturated rings. The number of phenolic OH excluding ortho intramolecular Hbond substituents is 1. The summed E-state index contributed by atoms with van der Waals surface area (Å²) in [5.41, 5.74) is 1.53. The zero-order chi connectivity index (χ0) is 16.2. The van der Waals surface area contributed by atoms with Crippen molar-refractivity contribution in [3.63, 3.8) is 0 Å². The minimum atomic E-state index is -3.94. The molecule has 0 amide bonds. The molecule has 0 bridgehead atoms. The van der Waals surface area contributed by atoms with Crippen LogP contribution in [0.2, 0.25) is 0 Å². The second kappa shape index (κ2) is 6.72. The second-order valence-corrected chi connectivity index (χ2v) is 6.53. The quantitative estimate of drug-likeness (QED) is 0.825. The molecule has 6 heteroatoms. The van der Waals surface area contributed by atoms with Gasteiger partial charge >= 0.3 is 0 Å². The maximum atomic E-state index is 11.9. The molecule has 0 heterocycles. The lowest BCUT2D eigenvalue weighted by Crippen LogP contribution is -2.16. The molecule has 0 radical (unpaired) electrons. The van der Waals surface area contributed by atoms with E-state index in [0.29, 0.717) is 5.56 Å². The van der Waals surface area contributed by atoms with Crippen molar-refractivity contribution >= 4 is 15.9 Å². The van der Waals surface area contributed by atoms with Gasteiger partial charge in [0.25, 0.3) is 10.1 Å². The lowest BCUT2D eigenvalue weighted by molar-refractivity contribution is -0.120. The van der Waals surface area contributed by atoms with Crippen molar-refractivity contribution in [3.8, 4) is 5.75 Å². The topological polar surface area (TPSA) is 80.7 Å². The highest BCUT2D eigenvalue weighted by Crippen LogP contribution is 2.14. The second-order valence-electron chi connectivity index (χ2n) is 4.91. The molecule has 0 saturated heterocycles. The van der Waals surface area contributed by atoms with E-state index in [1.807, 2.05) is 6.92 Å². The zero-order valence-electron chi connectivity index (χ0n) is 12.0. The number of Topliss-reactive ketones (excluding diaryl/α,β-unsaturated/α-hetero) is 1. The third-order valence-corrected chi connectivity index (χ3v) is 4.27. The lowest BCUT2D eigenvalue weighted by atomic mass is 10.1. The number of aromatic hydroxyl groups is 1. The van der Waals surface area contributed by atoms with Crippen LogP contribution in [0.5, 0.6) is 5.75 Å². The molecule has 22 heavy (non-hydrogen) atoms. The van der Waals surface area contributed by atoms with E-state index < -0.39 is 16.7 Å². The highest BCUT2D eigenvalue weighted by molar-refractivity contribution is 7.86. The van der Waals surface area contributed by atoms with Crippen LogP contribution in [0.25, 0.3) is 0 Å². The van der Waals surface area contributed by atoms with Gasteiger partial charge in [-0.2, -0.15) is 8.42 Å². The number of carbonyl (C=O) groups is 1. The van der Waals surface area contributed by atoms with E-state index in [1.54, 1.807) is 24.3 Å². The Hall–Kier alpha value is -2.18. The van der Waals surface area contributed by atoms with Gasteiger partial charge in [0.2, 0.25) is 0 Å². The van der Waals surface area contributed by atoms with Gasteiger partial charge < -0.3 is 5.11 Å². The molecule has 0 aliphatic carbocycles.